The second-order valence-electron chi connectivity index (χ2n) is 4.64. The third kappa shape index (κ3) is 2.56. The molecule has 0 saturated carbocycles. The second kappa shape index (κ2) is 5.35. The van der Waals surface area contributed by atoms with Gasteiger partial charge in [0.15, 0.2) is 0 Å². The van der Waals surface area contributed by atoms with Crippen molar-refractivity contribution in [1.29, 1.82) is 0 Å². The zero-order chi connectivity index (χ0) is 11.4. The summed E-state index contributed by atoms with van der Waals surface area (Å²) in [6.07, 6.45) is 2.36. The first-order valence-corrected chi connectivity index (χ1v) is 6.37. The Kier molecular flexibility index (Phi) is 3.83. The Labute approximate surface area is 98.7 Å². The average molecular weight is 218 g/mol. The molecule has 1 aromatic carbocycles. The van der Waals surface area contributed by atoms with Gasteiger partial charge >= 0.3 is 0 Å². The molecule has 2 heteroatoms. The van der Waals surface area contributed by atoms with Crippen LogP contribution in [-0.2, 0) is 6.42 Å². The van der Waals surface area contributed by atoms with Gasteiger partial charge in [-0.15, -0.1) is 0 Å². The fourth-order valence-corrected chi connectivity index (χ4v) is 2.44. The maximum absolute atomic E-state index is 3.54. The summed E-state index contributed by atoms with van der Waals surface area (Å²) in [6, 6.07) is 9.39. The Morgan fingerprint density at radius 1 is 1.38 bits per heavy atom. The van der Waals surface area contributed by atoms with Gasteiger partial charge in [0.25, 0.3) is 0 Å². The predicted octanol–water partition coefficient (Wildman–Crippen LogP) is 2.44. The highest BCUT2D eigenvalue weighted by Crippen LogP contribution is 2.22. The number of rotatable bonds is 2. The van der Waals surface area contributed by atoms with Crippen LogP contribution in [0.2, 0.25) is 0 Å². The summed E-state index contributed by atoms with van der Waals surface area (Å²) in [7, 11) is 0. The number of nitrogens with zero attached hydrogens (tertiary/aromatic N) is 1. The summed E-state index contributed by atoms with van der Waals surface area (Å²) in [5, 5.41) is 3.54. The van der Waals surface area contributed by atoms with Crippen LogP contribution in [0.5, 0.6) is 0 Å². The monoisotopic (exact) mass is 218 g/mol. The second-order valence-corrected chi connectivity index (χ2v) is 4.64. The Morgan fingerprint density at radius 2 is 2.19 bits per heavy atom. The van der Waals surface area contributed by atoms with Gasteiger partial charge in [-0.05, 0) is 37.9 Å². The van der Waals surface area contributed by atoms with E-state index in [1.165, 1.54) is 24.2 Å². The third-order valence-electron chi connectivity index (χ3n) is 3.31. The van der Waals surface area contributed by atoms with Gasteiger partial charge in [0.05, 0.1) is 0 Å². The van der Waals surface area contributed by atoms with Gasteiger partial charge in [0.2, 0.25) is 0 Å². The lowest BCUT2D eigenvalue weighted by Crippen LogP contribution is -2.35. The average Bonchev–Trinajstić information content (AvgIpc) is 2.54. The first kappa shape index (κ1) is 11.5. The first-order chi connectivity index (χ1) is 7.81. The maximum Gasteiger partial charge on any atom is 0.0399 e. The van der Waals surface area contributed by atoms with Crippen LogP contribution in [0.1, 0.15) is 25.8 Å². The molecule has 1 saturated heterocycles. The molecule has 1 unspecified atom stereocenters. The molecule has 1 aromatic rings. The van der Waals surface area contributed by atoms with E-state index in [1.807, 2.05) is 0 Å². The fraction of sp³-hybridized carbons (Fsp3) is 0.571. The lowest BCUT2D eigenvalue weighted by molar-refractivity contribution is 0.584. The van der Waals surface area contributed by atoms with Gasteiger partial charge in [-0.25, -0.2) is 0 Å². The van der Waals surface area contributed by atoms with E-state index in [0.29, 0.717) is 6.04 Å². The van der Waals surface area contributed by atoms with Crippen molar-refractivity contribution >= 4 is 5.69 Å². The predicted molar refractivity (Wildman–Crippen MR) is 70.1 cm³/mol. The van der Waals surface area contributed by atoms with Gasteiger partial charge in [-0.3, -0.25) is 0 Å². The molecule has 1 fully saturated rings. The summed E-state index contributed by atoms with van der Waals surface area (Å²) >= 11 is 0. The number of para-hydroxylation sites is 1. The summed E-state index contributed by atoms with van der Waals surface area (Å²) < 4.78 is 0. The van der Waals surface area contributed by atoms with Gasteiger partial charge in [-0.2, -0.15) is 0 Å². The highest BCUT2D eigenvalue weighted by atomic mass is 15.2. The van der Waals surface area contributed by atoms with Crippen molar-refractivity contribution in [3.63, 3.8) is 0 Å². The lowest BCUT2D eigenvalue weighted by atomic mass is 10.1. The molecule has 0 aromatic heterocycles. The van der Waals surface area contributed by atoms with E-state index in [1.54, 1.807) is 0 Å². The Morgan fingerprint density at radius 3 is 3.00 bits per heavy atom. The van der Waals surface area contributed by atoms with E-state index in [4.69, 9.17) is 0 Å². The molecule has 1 N–H and O–H groups in total. The molecule has 88 valence electrons. The minimum Gasteiger partial charge on any atom is -0.370 e. The molecule has 0 spiro atoms. The van der Waals surface area contributed by atoms with Crippen molar-refractivity contribution in [2.75, 3.05) is 24.5 Å². The number of anilines is 1. The van der Waals surface area contributed by atoms with E-state index >= 15 is 0 Å². The third-order valence-corrected chi connectivity index (χ3v) is 3.31. The van der Waals surface area contributed by atoms with Crippen molar-refractivity contribution in [1.82, 2.24) is 5.32 Å². The Bertz CT molecular complexity index is 335. The van der Waals surface area contributed by atoms with Crippen LogP contribution >= 0.6 is 0 Å². The molecular formula is C14H22N2. The summed E-state index contributed by atoms with van der Waals surface area (Å²) in [4.78, 5) is 2.53. The molecule has 1 atom stereocenters. The van der Waals surface area contributed by atoms with Crippen molar-refractivity contribution < 1.29 is 0 Å². The van der Waals surface area contributed by atoms with E-state index < -0.39 is 0 Å². The normalized spacial score (nSPS) is 21.9. The van der Waals surface area contributed by atoms with Gasteiger partial charge in [0.1, 0.15) is 0 Å². The van der Waals surface area contributed by atoms with Crippen molar-refractivity contribution in [2.45, 2.75) is 32.7 Å². The fourth-order valence-electron chi connectivity index (χ4n) is 2.44. The van der Waals surface area contributed by atoms with Crippen LogP contribution in [0.4, 0.5) is 5.69 Å². The molecular weight excluding hydrogens is 196 g/mol. The number of benzene rings is 1. The van der Waals surface area contributed by atoms with Crippen molar-refractivity contribution in [2.24, 2.45) is 0 Å². The Balaban J connectivity index is 2.20. The molecule has 0 radical (unpaired) electrons. The van der Waals surface area contributed by atoms with Crippen LogP contribution in [0.3, 0.4) is 0 Å². The molecule has 0 amide bonds. The largest absolute Gasteiger partial charge is 0.370 e. The van der Waals surface area contributed by atoms with E-state index in [0.717, 1.165) is 19.5 Å². The standard InChI is InChI=1S/C14H22N2/c1-3-13-7-4-5-8-14(13)16-10-6-9-15-12(2)11-16/h4-5,7-8,12,15H,3,6,9-11H2,1-2H3. The van der Waals surface area contributed by atoms with Gasteiger partial charge < -0.3 is 10.2 Å². The molecule has 1 heterocycles. The van der Waals surface area contributed by atoms with E-state index in [9.17, 15) is 0 Å². The van der Waals surface area contributed by atoms with Crippen LogP contribution < -0.4 is 10.2 Å². The van der Waals surface area contributed by atoms with Crippen molar-refractivity contribution in [3.05, 3.63) is 29.8 Å². The Hall–Kier alpha value is -1.02. The SMILES string of the molecule is CCc1ccccc1N1CCCNC(C)C1. The number of nitrogens with one attached hydrogen (secondary N) is 1. The zero-order valence-corrected chi connectivity index (χ0v) is 10.4. The zero-order valence-electron chi connectivity index (χ0n) is 10.4. The van der Waals surface area contributed by atoms with Crippen LogP contribution in [0, 0.1) is 0 Å². The van der Waals surface area contributed by atoms with E-state index in [-0.39, 0.29) is 0 Å². The summed E-state index contributed by atoms with van der Waals surface area (Å²) in [5.41, 5.74) is 2.90. The van der Waals surface area contributed by atoms with E-state index in [2.05, 4.69) is 48.3 Å². The molecule has 2 nitrogen and oxygen atoms in total. The summed E-state index contributed by atoms with van der Waals surface area (Å²) in [6.45, 7) is 7.95. The topological polar surface area (TPSA) is 15.3 Å². The summed E-state index contributed by atoms with van der Waals surface area (Å²) in [5.74, 6) is 0. The minimum atomic E-state index is 0.590. The highest BCUT2D eigenvalue weighted by Gasteiger charge is 2.15. The van der Waals surface area contributed by atoms with Gasteiger partial charge in [0, 0.05) is 24.8 Å². The number of hydrogen-bond donors (Lipinski definition) is 1. The molecule has 0 bridgehead atoms. The number of hydrogen-bond acceptors (Lipinski definition) is 2. The quantitative estimate of drug-likeness (QED) is 0.820. The smallest absolute Gasteiger partial charge is 0.0399 e. The minimum absolute atomic E-state index is 0.590. The molecule has 16 heavy (non-hydrogen) atoms. The molecule has 2 rings (SSSR count). The molecule has 1 aliphatic rings. The molecule has 1 aliphatic heterocycles. The molecule has 0 aliphatic carbocycles. The number of aryl methyl sites for hydroxylation is 1. The van der Waals surface area contributed by atoms with Crippen LogP contribution in [-0.4, -0.2) is 25.7 Å². The van der Waals surface area contributed by atoms with Gasteiger partial charge in [-0.1, -0.05) is 25.1 Å². The maximum atomic E-state index is 3.54. The van der Waals surface area contributed by atoms with Crippen molar-refractivity contribution in [3.8, 4) is 0 Å². The first-order valence-electron chi connectivity index (χ1n) is 6.37. The highest BCUT2D eigenvalue weighted by molar-refractivity contribution is 5.53. The van der Waals surface area contributed by atoms with Crippen LogP contribution in [0.15, 0.2) is 24.3 Å². The van der Waals surface area contributed by atoms with Crippen LogP contribution in [0.25, 0.3) is 0 Å². The lowest BCUT2D eigenvalue weighted by Gasteiger charge is -2.27.